The lowest BCUT2D eigenvalue weighted by Crippen LogP contribution is -2.57. The molecule has 3 saturated heterocycles. The minimum absolute atomic E-state index is 0.0578. The van der Waals surface area contributed by atoms with Gasteiger partial charge >= 0.3 is 12.0 Å². The number of aromatic nitrogens is 3. The molecule has 0 saturated carbocycles. The number of carbonyl (C=O) groups is 4. The van der Waals surface area contributed by atoms with E-state index in [1.807, 2.05) is 145 Å². The molecule has 4 aliphatic rings. The first kappa shape index (κ1) is 48.2. The zero-order valence-electron chi connectivity index (χ0n) is 41.1. The molecule has 0 radical (unpaired) electrons. The minimum atomic E-state index is -1.95. The standard InChI is InChI=1S/C60H57N7O7/c1-40(42-20-8-5-9-21-42)61-59(72)66-49-33-28-41(19-18-36-65-50-27-15-14-26-48(50)62-63-65)39-47(49)60(58(66)71)51(56(69)64-34-16-3-2-4-17-35-64)53-57(70)74-54(44-24-12-7-13-25-44)52(43-22-10-6-11-23-43)67(53)55(60)45-29-31-46(32-30-45)73-38-37-68/h5-15,20-33,39-40,51-55,68H,2-4,16-17,34-38H2,1H3,(H,61,72). The number of cyclic esters (lactones) is 1. The number of nitrogens with zero attached hydrogens (tertiary/aromatic N) is 6. The molecule has 11 rings (SSSR count). The van der Waals surface area contributed by atoms with E-state index in [2.05, 4.69) is 32.4 Å². The topological polar surface area (TPSA) is 159 Å². The highest BCUT2D eigenvalue weighted by molar-refractivity contribution is 6.24. The Morgan fingerprint density at radius 1 is 0.784 bits per heavy atom. The van der Waals surface area contributed by atoms with Crippen molar-refractivity contribution in [2.45, 2.75) is 81.3 Å². The number of urea groups is 1. The fraction of sp³-hybridized carbons (Fsp3) is 0.300. The number of para-hydroxylation sites is 1. The van der Waals surface area contributed by atoms with Gasteiger partial charge in [0.05, 0.1) is 41.9 Å². The number of benzene rings is 6. The number of anilines is 1. The Balaban J connectivity index is 1.17. The Kier molecular flexibility index (Phi) is 13.5. The van der Waals surface area contributed by atoms with E-state index in [0.717, 1.165) is 59.8 Å². The van der Waals surface area contributed by atoms with Gasteiger partial charge in [0, 0.05) is 18.7 Å². The van der Waals surface area contributed by atoms with Crippen LogP contribution in [0.2, 0.25) is 0 Å². The third kappa shape index (κ3) is 8.65. The number of likely N-dealkylation sites (tertiary alicyclic amines) is 1. The number of ether oxygens (including phenoxy) is 2. The number of fused-ring (bicyclic) bond motifs is 4. The summed E-state index contributed by atoms with van der Waals surface area (Å²) >= 11 is 0. The molecule has 0 aliphatic carbocycles. The average Bonchev–Trinajstić information content (AvgIpc) is 4.07. The molecule has 74 heavy (non-hydrogen) atoms. The van der Waals surface area contributed by atoms with E-state index in [1.54, 1.807) is 28.9 Å². The largest absolute Gasteiger partial charge is 0.491 e. The van der Waals surface area contributed by atoms with E-state index in [-0.39, 0.29) is 31.4 Å². The number of carbonyl (C=O) groups excluding carboxylic acids is 4. The summed E-state index contributed by atoms with van der Waals surface area (Å²) in [5, 5.41) is 21.5. The van der Waals surface area contributed by atoms with Crippen LogP contribution in [0.3, 0.4) is 0 Å². The molecule has 374 valence electrons. The van der Waals surface area contributed by atoms with Crippen molar-refractivity contribution in [1.29, 1.82) is 0 Å². The lowest BCUT2D eigenvalue weighted by Gasteiger charge is -2.46. The Labute approximate surface area is 429 Å². The molecule has 5 heterocycles. The second-order valence-corrected chi connectivity index (χ2v) is 19.5. The highest BCUT2D eigenvalue weighted by Gasteiger charge is 2.76. The van der Waals surface area contributed by atoms with Gasteiger partial charge in [0.25, 0.3) is 0 Å². The highest BCUT2D eigenvalue weighted by Crippen LogP contribution is 2.66. The maximum Gasteiger partial charge on any atom is 0.329 e. The predicted molar refractivity (Wildman–Crippen MR) is 278 cm³/mol. The van der Waals surface area contributed by atoms with Gasteiger partial charge in [0.1, 0.15) is 42.0 Å². The number of hydrogen-bond acceptors (Lipinski definition) is 10. The van der Waals surface area contributed by atoms with Gasteiger partial charge in [-0.15, -0.1) is 5.10 Å². The summed E-state index contributed by atoms with van der Waals surface area (Å²) in [4.78, 5) is 69.4. The average molecular weight is 988 g/mol. The maximum absolute atomic E-state index is 16.9. The van der Waals surface area contributed by atoms with Gasteiger partial charge in [-0.05, 0) is 90.0 Å². The highest BCUT2D eigenvalue weighted by atomic mass is 16.6. The second-order valence-electron chi connectivity index (χ2n) is 19.5. The molecular formula is C60H57N7O7. The molecule has 14 nitrogen and oxygen atoms in total. The molecule has 7 aromatic rings. The first-order valence-electron chi connectivity index (χ1n) is 25.6. The van der Waals surface area contributed by atoms with Crippen LogP contribution < -0.4 is 15.0 Å². The first-order chi connectivity index (χ1) is 36.3. The smallest absolute Gasteiger partial charge is 0.329 e. The van der Waals surface area contributed by atoms with Crippen molar-refractivity contribution in [3.8, 4) is 17.6 Å². The van der Waals surface area contributed by atoms with Crippen molar-refractivity contribution in [2.24, 2.45) is 5.92 Å². The number of aliphatic hydroxyl groups is 1. The molecule has 6 aromatic carbocycles. The molecule has 7 unspecified atom stereocenters. The lowest BCUT2D eigenvalue weighted by atomic mass is 9.64. The number of rotatable bonds is 10. The van der Waals surface area contributed by atoms with Gasteiger partial charge in [-0.2, -0.15) is 0 Å². The number of aliphatic hydroxyl groups excluding tert-OH is 1. The van der Waals surface area contributed by atoms with Crippen LogP contribution in [-0.4, -0.2) is 86.1 Å². The molecule has 1 aromatic heterocycles. The number of amides is 4. The molecule has 4 amide bonds. The molecule has 0 bridgehead atoms. The van der Waals surface area contributed by atoms with Crippen LogP contribution in [0, 0.1) is 17.8 Å². The summed E-state index contributed by atoms with van der Waals surface area (Å²) in [6, 6.07) is 44.8. The second kappa shape index (κ2) is 20.8. The van der Waals surface area contributed by atoms with Crippen molar-refractivity contribution in [3.05, 3.63) is 191 Å². The van der Waals surface area contributed by atoms with Crippen LogP contribution >= 0.6 is 0 Å². The van der Waals surface area contributed by atoms with Gasteiger partial charge in [-0.25, -0.2) is 14.4 Å². The van der Waals surface area contributed by atoms with E-state index in [4.69, 9.17) is 9.47 Å². The van der Waals surface area contributed by atoms with Gasteiger partial charge in [0.15, 0.2) is 0 Å². The van der Waals surface area contributed by atoms with E-state index in [0.29, 0.717) is 35.5 Å². The normalized spacial score (nSPS) is 23.0. The number of esters is 1. The minimum Gasteiger partial charge on any atom is -0.491 e. The summed E-state index contributed by atoms with van der Waals surface area (Å²) in [5.74, 6) is 4.03. The summed E-state index contributed by atoms with van der Waals surface area (Å²) < 4.78 is 14.3. The fourth-order valence-electron chi connectivity index (χ4n) is 11.9. The number of hydrogen-bond donors (Lipinski definition) is 2. The monoisotopic (exact) mass is 987 g/mol. The van der Waals surface area contributed by atoms with E-state index >= 15 is 19.2 Å². The molecule has 1 spiro atoms. The Morgan fingerprint density at radius 3 is 2.16 bits per heavy atom. The number of morpholine rings is 1. The number of imide groups is 1. The van der Waals surface area contributed by atoms with Crippen LogP contribution in [0.4, 0.5) is 10.5 Å². The zero-order valence-corrected chi connectivity index (χ0v) is 41.1. The summed E-state index contributed by atoms with van der Waals surface area (Å²) in [6.07, 6.45) is 3.54. The van der Waals surface area contributed by atoms with E-state index in [1.165, 1.54) is 4.90 Å². The Bertz CT molecular complexity index is 3240. The van der Waals surface area contributed by atoms with Crippen molar-refractivity contribution in [2.75, 3.05) is 31.2 Å². The molecule has 7 atom stereocenters. The Hall–Kier alpha value is -8.12. The molecule has 14 heteroatoms. The first-order valence-corrected chi connectivity index (χ1v) is 25.6. The van der Waals surface area contributed by atoms with Crippen molar-refractivity contribution < 1.29 is 33.8 Å². The van der Waals surface area contributed by atoms with Crippen LogP contribution in [0.1, 0.15) is 96.6 Å². The predicted octanol–water partition coefficient (Wildman–Crippen LogP) is 8.78. The lowest BCUT2D eigenvalue weighted by molar-refractivity contribution is -0.179. The van der Waals surface area contributed by atoms with Crippen LogP contribution in [0.5, 0.6) is 5.75 Å². The summed E-state index contributed by atoms with van der Waals surface area (Å²) in [7, 11) is 0. The van der Waals surface area contributed by atoms with Gasteiger partial charge in [-0.3, -0.25) is 19.3 Å². The summed E-state index contributed by atoms with van der Waals surface area (Å²) in [6.45, 7) is 2.80. The van der Waals surface area contributed by atoms with Crippen LogP contribution in [-0.2, 0) is 31.1 Å². The van der Waals surface area contributed by atoms with Crippen molar-refractivity contribution in [3.63, 3.8) is 0 Å². The molecular weight excluding hydrogens is 931 g/mol. The van der Waals surface area contributed by atoms with Crippen molar-refractivity contribution in [1.82, 2.24) is 30.1 Å². The van der Waals surface area contributed by atoms with Gasteiger partial charge < -0.3 is 24.8 Å². The van der Waals surface area contributed by atoms with Gasteiger partial charge in [-0.1, -0.05) is 152 Å². The number of nitrogens with one attached hydrogen (secondary N) is 1. The third-order valence-corrected chi connectivity index (χ3v) is 15.2. The maximum atomic E-state index is 16.9. The van der Waals surface area contributed by atoms with Crippen LogP contribution in [0.25, 0.3) is 11.0 Å². The molecule has 2 N–H and O–H groups in total. The molecule has 3 fully saturated rings. The summed E-state index contributed by atoms with van der Waals surface area (Å²) in [5.41, 5.74) is 3.79. The zero-order chi connectivity index (χ0) is 50.8. The Morgan fingerprint density at radius 2 is 1.45 bits per heavy atom. The molecule has 4 aliphatic heterocycles. The van der Waals surface area contributed by atoms with E-state index < -0.39 is 59.5 Å². The van der Waals surface area contributed by atoms with Gasteiger partial charge in [0.2, 0.25) is 11.8 Å². The quantitative estimate of drug-likeness (QED) is 0.100. The SMILES string of the molecule is CC(NC(=O)N1C(=O)C2(c3cc(C#CCn4nnc5ccccc54)ccc31)C(C(=O)N1CCCCCCC1)C1C(=O)OC(c3ccccc3)C(c3ccccc3)N1C2c1ccc(OCCO)cc1)c1ccccc1. The van der Waals surface area contributed by atoms with Crippen LogP contribution in [0.15, 0.2) is 158 Å². The third-order valence-electron chi connectivity index (χ3n) is 15.2. The van der Waals surface area contributed by atoms with Crippen molar-refractivity contribution >= 4 is 40.5 Å². The fourth-order valence-corrected chi connectivity index (χ4v) is 11.9. The van der Waals surface area contributed by atoms with E-state index in [9.17, 15) is 5.11 Å².